The van der Waals surface area contributed by atoms with Gasteiger partial charge in [-0.15, -0.1) is 0 Å². The zero-order chi connectivity index (χ0) is 36.6. The number of nitrogens with one attached hydrogen (secondary N) is 1. The Balaban J connectivity index is 0.958. The molecule has 1 aliphatic carbocycles. The molecule has 0 unspecified atom stereocenters. The van der Waals surface area contributed by atoms with Crippen LogP contribution in [0.4, 0.5) is 4.79 Å². The number of carbonyl (C=O) groups is 1. The first-order valence-corrected chi connectivity index (χ1v) is 18.7. The largest absolute Gasteiger partial charge is 0.449 e. The van der Waals surface area contributed by atoms with Crippen molar-refractivity contribution in [3.63, 3.8) is 0 Å². The fraction of sp³-hybridized carbons (Fsp3) is 0.667. The molecule has 294 valence electrons. The predicted molar refractivity (Wildman–Crippen MR) is 196 cm³/mol. The molecule has 0 aromatic heterocycles. The lowest BCUT2D eigenvalue weighted by Gasteiger charge is -2.14. The predicted octanol–water partition coefficient (Wildman–Crippen LogP) is 4.49. The maximum Gasteiger partial charge on any atom is 0.407 e. The summed E-state index contributed by atoms with van der Waals surface area (Å²) in [6.07, 6.45) is 1.78. The van der Waals surface area contributed by atoms with E-state index in [1.807, 2.05) is 24.3 Å². The highest BCUT2D eigenvalue weighted by Gasteiger charge is 2.28. The Kier molecular flexibility index (Phi) is 25.8. The van der Waals surface area contributed by atoms with Gasteiger partial charge < -0.3 is 57.4 Å². The summed E-state index contributed by atoms with van der Waals surface area (Å²) in [7, 11) is 0. The minimum Gasteiger partial charge on any atom is -0.449 e. The molecule has 0 heterocycles. The lowest BCUT2D eigenvalue weighted by atomic mass is 9.98. The monoisotopic (exact) mass is 735 g/mol. The average molecular weight is 736 g/mol. The topological polar surface area (TPSA) is 131 Å². The number of carbonyl (C=O) groups excluding carboxylic acids is 1. The molecule has 0 saturated heterocycles. The molecule has 52 heavy (non-hydrogen) atoms. The Morgan fingerprint density at radius 1 is 0.481 bits per heavy atom. The van der Waals surface area contributed by atoms with Gasteiger partial charge >= 0.3 is 6.09 Å². The second kappa shape index (κ2) is 30.7. The Bertz CT molecular complexity index is 1110. The summed E-state index contributed by atoms with van der Waals surface area (Å²) in [5, 5.41) is 2.74. The molecule has 3 rings (SSSR count). The maximum absolute atomic E-state index is 12.2. The first-order chi connectivity index (χ1) is 25.8. The highest BCUT2D eigenvalue weighted by atomic mass is 16.6. The van der Waals surface area contributed by atoms with E-state index in [9.17, 15) is 4.79 Å². The first-order valence-electron chi connectivity index (χ1n) is 18.7. The SMILES string of the molecule is CCCCOCCOCCOCCOCCOCCOCCOCCOCCOCCOCCNC(=O)OCC1c2ccccc2-c2ccccc21. The summed E-state index contributed by atoms with van der Waals surface area (Å²) < 4.78 is 60.4. The van der Waals surface area contributed by atoms with Gasteiger partial charge in [-0.1, -0.05) is 61.9 Å². The normalized spacial score (nSPS) is 12.2. The number of hydrogen-bond donors (Lipinski definition) is 1. The van der Waals surface area contributed by atoms with Crippen LogP contribution in [0.2, 0.25) is 0 Å². The molecule has 0 aliphatic heterocycles. The quantitative estimate of drug-likeness (QED) is 0.100. The van der Waals surface area contributed by atoms with Gasteiger partial charge in [0.1, 0.15) is 6.61 Å². The van der Waals surface area contributed by atoms with Crippen molar-refractivity contribution in [3.8, 4) is 11.1 Å². The summed E-state index contributed by atoms with van der Waals surface area (Å²) in [6, 6.07) is 16.5. The van der Waals surface area contributed by atoms with Gasteiger partial charge in [-0.05, 0) is 28.7 Å². The molecule has 0 saturated carbocycles. The van der Waals surface area contributed by atoms with Gasteiger partial charge in [0.25, 0.3) is 0 Å². The van der Waals surface area contributed by atoms with E-state index in [1.54, 1.807) is 0 Å². The number of benzene rings is 2. The molecule has 2 aromatic rings. The van der Waals surface area contributed by atoms with Crippen molar-refractivity contribution >= 4 is 6.09 Å². The minimum absolute atomic E-state index is 0.0389. The molecule has 0 radical (unpaired) electrons. The molecule has 0 bridgehead atoms. The summed E-state index contributed by atoms with van der Waals surface area (Å²) in [6.45, 7) is 13.2. The first kappa shape index (κ1) is 43.7. The third kappa shape index (κ3) is 20.0. The number of hydrogen-bond acceptors (Lipinski definition) is 12. The van der Waals surface area contributed by atoms with Crippen LogP contribution < -0.4 is 5.32 Å². The number of fused-ring (bicyclic) bond motifs is 3. The molecule has 13 nitrogen and oxygen atoms in total. The van der Waals surface area contributed by atoms with Gasteiger partial charge in [0.05, 0.1) is 126 Å². The van der Waals surface area contributed by atoms with Crippen LogP contribution in [0.15, 0.2) is 48.5 Å². The van der Waals surface area contributed by atoms with E-state index in [2.05, 4.69) is 36.5 Å². The van der Waals surface area contributed by atoms with Gasteiger partial charge in [0, 0.05) is 19.1 Å². The molecule has 1 aliphatic rings. The Morgan fingerprint density at radius 2 is 0.808 bits per heavy atom. The average Bonchev–Trinajstić information content (AvgIpc) is 3.49. The smallest absolute Gasteiger partial charge is 0.407 e. The minimum atomic E-state index is -0.450. The van der Waals surface area contributed by atoms with Crippen LogP contribution in [0.25, 0.3) is 11.1 Å². The van der Waals surface area contributed by atoms with Gasteiger partial charge in [-0.25, -0.2) is 4.79 Å². The number of unbranched alkanes of at least 4 members (excludes halogenated alkanes) is 1. The van der Waals surface area contributed by atoms with Gasteiger partial charge in [-0.3, -0.25) is 0 Å². The van der Waals surface area contributed by atoms with E-state index in [1.165, 1.54) is 22.3 Å². The van der Waals surface area contributed by atoms with Crippen LogP contribution in [0.3, 0.4) is 0 Å². The molecule has 0 spiro atoms. The summed E-state index contributed by atoms with van der Waals surface area (Å²) in [5.41, 5.74) is 4.78. The number of rotatable bonds is 35. The van der Waals surface area contributed by atoms with Crippen LogP contribution in [-0.2, 0) is 52.1 Å². The van der Waals surface area contributed by atoms with Crippen LogP contribution in [-0.4, -0.2) is 151 Å². The van der Waals surface area contributed by atoms with Gasteiger partial charge in [-0.2, -0.15) is 0 Å². The Hall–Kier alpha value is -2.69. The molecule has 2 aromatic carbocycles. The van der Waals surface area contributed by atoms with E-state index < -0.39 is 6.09 Å². The van der Waals surface area contributed by atoms with Crippen molar-refractivity contribution in [2.75, 3.05) is 145 Å². The summed E-state index contributed by atoms with van der Waals surface area (Å²) in [4.78, 5) is 12.2. The third-order valence-corrected chi connectivity index (χ3v) is 7.85. The second-order valence-electron chi connectivity index (χ2n) is 11.7. The number of amides is 1. The van der Waals surface area contributed by atoms with E-state index >= 15 is 0 Å². The van der Waals surface area contributed by atoms with Gasteiger partial charge in [0.15, 0.2) is 0 Å². The molecular formula is C39H61NO12. The van der Waals surface area contributed by atoms with Crippen molar-refractivity contribution in [2.45, 2.75) is 25.7 Å². The van der Waals surface area contributed by atoms with E-state index in [4.69, 9.17) is 52.1 Å². The molecular weight excluding hydrogens is 674 g/mol. The number of ether oxygens (including phenoxy) is 11. The van der Waals surface area contributed by atoms with Crippen LogP contribution in [0, 0.1) is 0 Å². The van der Waals surface area contributed by atoms with Crippen LogP contribution >= 0.6 is 0 Å². The van der Waals surface area contributed by atoms with Crippen LogP contribution in [0.1, 0.15) is 36.8 Å². The molecule has 13 heteroatoms. The van der Waals surface area contributed by atoms with E-state index in [0.29, 0.717) is 132 Å². The summed E-state index contributed by atoms with van der Waals surface area (Å²) >= 11 is 0. The maximum atomic E-state index is 12.2. The zero-order valence-electron chi connectivity index (χ0n) is 31.1. The highest BCUT2D eigenvalue weighted by Crippen LogP contribution is 2.44. The highest BCUT2D eigenvalue weighted by molar-refractivity contribution is 5.79. The fourth-order valence-electron chi connectivity index (χ4n) is 5.20. The number of alkyl carbamates (subject to hydrolysis) is 1. The van der Waals surface area contributed by atoms with Crippen molar-refractivity contribution < 1.29 is 56.9 Å². The molecule has 0 atom stereocenters. The summed E-state index contributed by atoms with van der Waals surface area (Å²) in [5.74, 6) is 0.0389. The fourth-order valence-corrected chi connectivity index (χ4v) is 5.20. The lowest BCUT2D eigenvalue weighted by Crippen LogP contribution is -2.29. The van der Waals surface area contributed by atoms with Crippen molar-refractivity contribution in [1.82, 2.24) is 5.32 Å². The van der Waals surface area contributed by atoms with Crippen LogP contribution in [0.5, 0.6) is 0 Å². The molecule has 1 N–H and O–H groups in total. The molecule has 0 fully saturated rings. The lowest BCUT2D eigenvalue weighted by molar-refractivity contribution is -0.0264. The van der Waals surface area contributed by atoms with Crippen molar-refractivity contribution in [2.24, 2.45) is 0 Å². The standard InChI is InChI=1S/C39H61NO12/c1-2-3-13-42-15-17-44-19-21-46-23-25-48-27-29-50-31-32-51-30-28-49-26-24-47-22-20-45-18-16-43-14-12-40-39(41)52-33-38-36-10-6-4-8-34(36)35-9-5-7-11-37(35)38/h4-11,38H,2-3,12-33H2,1H3,(H,40,41). The van der Waals surface area contributed by atoms with E-state index in [-0.39, 0.29) is 12.5 Å². The van der Waals surface area contributed by atoms with E-state index in [0.717, 1.165) is 19.4 Å². The van der Waals surface area contributed by atoms with Crippen molar-refractivity contribution in [3.05, 3.63) is 59.7 Å². The third-order valence-electron chi connectivity index (χ3n) is 7.85. The Labute approximate surface area is 309 Å². The second-order valence-corrected chi connectivity index (χ2v) is 11.7. The van der Waals surface area contributed by atoms with Gasteiger partial charge in [0.2, 0.25) is 0 Å². The van der Waals surface area contributed by atoms with Crippen molar-refractivity contribution in [1.29, 1.82) is 0 Å². The Morgan fingerprint density at radius 3 is 1.17 bits per heavy atom. The molecule has 1 amide bonds. The zero-order valence-corrected chi connectivity index (χ0v) is 31.1.